The molecule has 1 aromatic heterocycles. The average Bonchev–Trinajstić information content (AvgIpc) is 2.84. The van der Waals surface area contributed by atoms with E-state index >= 15 is 0 Å². The maximum atomic E-state index is 13.4. The molecule has 1 heterocycles. The Labute approximate surface area is 152 Å². The number of hydrogen-bond acceptors (Lipinski definition) is 2. The first-order valence-corrected chi connectivity index (χ1v) is 7.94. The molecule has 0 fully saturated rings. The predicted octanol–water partition coefficient (Wildman–Crippen LogP) is 3.23. The maximum absolute atomic E-state index is 13.4. The van der Waals surface area contributed by atoms with Crippen LogP contribution < -0.4 is 11.3 Å². The molecule has 0 bridgehead atoms. The lowest BCUT2D eigenvalue weighted by Gasteiger charge is -2.13. The Morgan fingerprint density at radius 1 is 1.16 bits per heavy atom. The molecule has 8 heteroatoms. The topological polar surface area (TPSA) is 70.0 Å². The van der Waals surface area contributed by atoms with E-state index in [1.807, 2.05) is 0 Å². The summed E-state index contributed by atoms with van der Waals surface area (Å²) < 4.78 is 16.1. The van der Waals surface area contributed by atoms with Gasteiger partial charge in [0.1, 0.15) is 11.4 Å². The van der Waals surface area contributed by atoms with Gasteiger partial charge in [-0.25, -0.2) is 9.07 Å². The molecule has 0 aliphatic heterocycles. The van der Waals surface area contributed by atoms with Crippen LogP contribution in [0, 0.1) is 5.82 Å². The van der Waals surface area contributed by atoms with E-state index < -0.39 is 17.3 Å². The van der Waals surface area contributed by atoms with Gasteiger partial charge in [0.2, 0.25) is 0 Å². The summed E-state index contributed by atoms with van der Waals surface area (Å²) in [5.74, 6) is -1.26. The lowest BCUT2D eigenvalue weighted by atomic mass is 10.2. The van der Waals surface area contributed by atoms with Crippen molar-refractivity contribution in [2.45, 2.75) is 6.54 Å². The number of nitrogens with two attached hydrogens (primary N) is 1. The van der Waals surface area contributed by atoms with E-state index in [9.17, 15) is 14.0 Å². The molecule has 3 rings (SSSR count). The summed E-state index contributed by atoms with van der Waals surface area (Å²) >= 11 is 12.1. The Hall–Kier alpha value is -2.57. The van der Waals surface area contributed by atoms with E-state index in [0.717, 1.165) is 0 Å². The van der Waals surface area contributed by atoms with Crippen LogP contribution in [0.3, 0.4) is 0 Å². The number of rotatable bonds is 4. The van der Waals surface area contributed by atoms with Crippen LogP contribution in [0.4, 0.5) is 4.39 Å². The summed E-state index contributed by atoms with van der Waals surface area (Å²) in [6, 6.07) is 10.5. The Bertz CT molecular complexity index is 1030. The highest BCUT2D eigenvalue weighted by Gasteiger charge is 2.19. The van der Waals surface area contributed by atoms with Gasteiger partial charge in [0.25, 0.3) is 11.5 Å². The molecule has 2 aromatic carbocycles. The van der Waals surface area contributed by atoms with Crippen molar-refractivity contribution >= 4 is 29.1 Å². The van der Waals surface area contributed by atoms with E-state index in [1.165, 1.54) is 33.8 Å². The highest BCUT2D eigenvalue weighted by molar-refractivity contribution is 6.35. The lowest BCUT2D eigenvalue weighted by molar-refractivity contribution is 0.0999. The summed E-state index contributed by atoms with van der Waals surface area (Å²) in [4.78, 5) is 24.1. The Kier molecular flexibility index (Phi) is 4.65. The van der Waals surface area contributed by atoms with Gasteiger partial charge in [0.15, 0.2) is 0 Å². The summed E-state index contributed by atoms with van der Waals surface area (Å²) in [7, 11) is 0. The van der Waals surface area contributed by atoms with E-state index in [0.29, 0.717) is 16.3 Å². The van der Waals surface area contributed by atoms with Gasteiger partial charge in [-0.2, -0.15) is 0 Å². The highest BCUT2D eigenvalue weighted by atomic mass is 35.5. The molecule has 0 spiro atoms. The molecule has 0 unspecified atom stereocenters. The zero-order chi connectivity index (χ0) is 18.1. The van der Waals surface area contributed by atoms with Gasteiger partial charge in [0.05, 0.1) is 17.3 Å². The van der Waals surface area contributed by atoms with Gasteiger partial charge in [-0.1, -0.05) is 35.3 Å². The van der Waals surface area contributed by atoms with Crippen molar-refractivity contribution < 1.29 is 9.18 Å². The molecule has 0 radical (unpaired) electrons. The molecule has 0 aliphatic rings. The fourth-order valence-electron chi connectivity index (χ4n) is 2.50. The number of carbonyl (C=O) groups is 1. The molecule has 0 aliphatic carbocycles. The van der Waals surface area contributed by atoms with Crippen LogP contribution in [0.25, 0.3) is 5.69 Å². The summed E-state index contributed by atoms with van der Waals surface area (Å²) in [6.07, 6.45) is 1.32. The van der Waals surface area contributed by atoms with Gasteiger partial charge < -0.3 is 5.73 Å². The lowest BCUT2D eigenvalue weighted by Crippen LogP contribution is -2.26. The van der Waals surface area contributed by atoms with Crippen LogP contribution in [0.2, 0.25) is 10.0 Å². The number of aromatic nitrogens is 2. The molecule has 3 aromatic rings. The second kappa shape index (κ2) is 6.74. The summed E-state index contributed by atoms with van der Waals surface area (Å²) in [6.45, 7) is 0.138. The summed E-state index contributed by atoms with van der Waals surface area (Å²) in [5, 5.41) is 0.629. The molecular formula is C17H12Cl2FN3O2. The fraction of sp³-hybridized carbons (Fsp3) is 0.0588. The first kappa shape index (κ1) is 17.3. The molecule has 25 heavy (non-hydrogen) atoms. The minimum atomic E-state index is -0.859. The van der Waals surface area contributed by atoms with Gasteiger partial charge >= 0.3 is 0 Å². The smallest absolute Gasteiger partial charge is 0.284 e. The number of benzene rings is 2. The minimum Gasteiger partial charge on any atom is -0.365 e. The highest BCUT2D eigenvalue weighted by Crippen LogP contribution is 2.24. The van der Waals surface area contributed by atoms with Crippen LogP contribution in [0.5, 0.6) is 0 Å². The molecule has 2 N–H and O–H groups in total. The van der Waals surface area contributed by atoms with Crippen molar-refractivity contribution in [3.63, 3.8) is 0 Å². The summed E-state index contributed by atoms with van der Waals surface area (Å²) in [5.41, 5.74) is 5.40. The molecule has 0 saturated carbocycles. The second-order valence-electron chi connectivity index (χ2n) is 5.35. The zero-order valence-electron chi connectivity index (χ0n) is 12.7. The van der Waals surface area contributed by atoms with Crippen molar-refractivity contribution in [2.24, 2.45) is 5.73 Å². The zero-order valence-corrected chi connectivity index (χ0v) is 14.3. The predicted molar refractivity (Wildman–Crippen MR) is 94.1 cm³/mol. The van der Waals surface area contributed by atoms with Crippen LogP contribution in [-0.4, -0.2) is 15.3 Å². The van der Waals surface area contributed by atoms with Crippen LogP contribution in [0.15, 0.2) is 53.5 Å². The standard InChI is InChI=1S/C17H12Cl2FN3O2/c18-11-4-5-15(14(19)7-11)23-17(25)13(16(21)24)9-22(23)8-10-2-1-3-12(20)6-10/h1-7,9H,8H2,(H2,21,24). The van der Waals surface area contributed by atoms with E-state index in [1.54, 1.807) is 24.3 Å². The molecule has 5 nitrogen and oxygen atoms in total. The average molecular weight is 380 g/mol. The van der Waals surface area contributed by atoms with Crippen molar-refractivity contribution in [3.05, 3.63) is 86.0 Å². The van der Waals surface area contributed by atoms with E-state index in [2.05, 4.69) is 0 Å². The molecule has 128 valence electrons. The van der Waals surface area contributed by atoms with Gasteiger partial charge in [-0.3, -0.25) is 14.3 Å². The van der Waals surface area contributed by atoms with Crippen LogP contribution in [0.1, 0.15) is 15.9 Å². The monoisotopic (exact) mass is 379 g/mol. The van der Waals surface area contributed by atoms with Gasteiger partial charge in [-0.15, -0.1) is 0 Å². The third-order valence-corrected chi connectivity index (χ3v) is 4.13. The number of amides is 1. The van der Waals surface area contributed by atoms with Crippen molar-refractivity contribution in [1.29, 1.82) is 0 Å². The number of halogens is 3. The number of primary amides is 1. The van der Waals surface area contributed by atoms with Crippen LogP contribution in [-0.2, 0) is 6.54 Å². The quantitative estimate of drug-likeness (QED) is 0.755. The van der Waals surface area contributed by atoms with Crippen molar-refractivity contribution in [3.8, 4) is 5.69 Å². The third kappa shape index (κ3) is 3.45. The number of hydrogen-bond donors (Lipinski definition) is 1. The Balaban J connectivity index is 2.19. The molecule has 0 saturated heterocycles. The first-order valence-electron chi connectivity index (χ1n) is 7.19. The van der Waals surface area contributed by atoms with E-state index in [4.69, 9.17) is 28.9 Å². The number of nitrogens with zero attached hydrogens (tertiary/aromatic N) is 2. The number of carbonyl (C=O) groups excluding carboxylic acids is 1. The molecule has 0 atom stereocenters. The van der Waals surface area contributed by atoms with Gasteiger partial charge in [0, 0.05) is 11.2 Å². The molecule has 1 amide bonds. The second-order valence-corrected chi connectivity index (χ2v) is 6.19. The van der Waals surface area contributed by atoms with Crippen molar-refractivity contribution in [1.82, 2.24) is 9.36 Å². The van der Waals surface area contributed by atoms with Gasteiger partial charge in [-0.05, 0) is 35.9 Å². The maximum Gasteiger partial charge on any atom is 0.284 e. The first-order chi connectivity index (χ1) is 11.9. The normalized spacial score (nSPS) is 10.8. The largest absolute Gasteiger partial charge is 0.365 e. The Morgan fingerprint density at radius 3 is 2.56 bits per heavy atom. The minimum absolute atomic E-state index is 0.138. The SMILES string of the molecule is NC(=O)c1cn(Cc2cccc(F)c2)n(-c2ccc(Cl)cc2Cl)c1=O. The van der Waals surface area contributed by atoms with E-state index in [-0.39, 0.29) is 17.1 Å². The third-order valence-electron chi connectivity index (χ3n) is 3.59. The fourth-order valence-corrected chi connectivity index (χ4v) is 2.99. The van der Waals surface area contributed by atoms with Crippen LogP contribution >= 0.6 is 23.2 Å². The van der Waals surface area contributed by atoms with Crippen molar-refractivity contribution in [2.75, 3.05) is 0 Å². The molecular weight excluding hydrogens is 368 g/mol. The Morgan fingerprint density at radius 2 is 1.92 bits per heavy atom.